The summed E-state index contributed by atoms with van der Waals surface area (Å²) in [5.41, 5.74) is 3.54. The third kappa shape index (κ3) is 4.01. The Kier molecular flexibility index (Phi) is 5.44. The van der Waals surface area contributed by atoms with Crippen LogP contribution in [-0.2, 0) is 0 Å². The number of piperazine rings is 1. The SMILES string of the molecule is Cc1ccccc1N1CCN(C2CCN(C(=O)c3ccccc3)CC2)CC1. The number of nitrogens with zero attached hydrogens (tertiary/aromatic N) is 3. The van der Waals surface area contributed by atoms with Gasteiger partial charge in [0.15, 0.2) is 0 Å². The van der Waals surface area contributed by atoms with E-state index < -0.39 is 0 Å². The number of para-hydroxylation sites is 1. The highest BCUT2D eigenvalue weighted by Gasteiger charge is 2.29. The number of likely N-dealkylation sites (tertiary alicyclic amines) is 1. The van der Waals surface area contributed by atoms with Crippen LogP contribution in [0.2, 0.25) is 0 Å². The fourth-order valence-corrected chi connectivity index (χ4v) is 4.44. The Morgan fingerprint density at radius 1 is 0.815 bits per heavy atom. The molecule has 4 nitrogen and oxygen atoms in total. The molecule has 2 saturated heterocycles. The summed E-state index contributed by atoms with van der Waals surface area (Å²) in [5.74, 6) is 0.179. The van der Waals surface area contributed by atoms with Gasteiger partial charge in [0.05, 0.1) is 0 Å². The number of rotatable bonds is 3. The Morgan fingerprint density at radius 2 is 1.44 bits per heavy atom. The lowest BCUT2D eigenvalue weighted by molar-refractivity contribution is 0.0611. The predicted octanol–water partition coefficient (Wildman–Crippen LogP) is 3.42. The Hall–Kier alpha value is -2.33. The van der Waals surface area contributed by atoms with Crippen molar-refractivity contribution in [2.24, 2.45) is 0 Å². The van der Waals surface area contributed by atoms with Gasteiger partial charge in [-0.15, -0.1) is 0 Å². The molecule has 0 bridgehead atoms. The molecule has 2 heterocycles. The average Bonchev–Trinajstić information content (AvgIpc) is 2.74. The molecule has 4 rings (SSSR count). The number of piperidine rings is 1. The van der Waals surface area contributed by atoms with E-state index in [2.05, 4.69) is 41.0 Å². The normalized spacial score (nSPS) is 19.3. The zero-order valence-corrected chi connectivity index (χ0v) is 16.2. The van der Waals surface area contributed by atoms with Crippen LogP contribution in [0.4, 0.5) is 5.69 Å². The number of benzene rings is 2. The van der Waals surface area contributed by atoms with Gasteiger partial charge in [-0.1, -0.05) is 36.4 Å². The van der Waals surface area contributed by atoms with E-state index in [1.165, 1.54) is 11.3 Å². The Balaban J connectivity index is 1.29. The minimum Gasteiger partial charge on any atom is -0.369 e. The van der Waals surface area contributed by atoms with Crippen LogP contribution in [-0.4, -0.2) is 61.0 Å². The Morgan fingerprint density at radius 3 is 2.11 bits per heavy atom. The topological polar surface area (TPSA) is 26.8 Å². The van der Waals surface area contributed by atoms with Crippen LogP contribution in [0.5, 0.6) is 0 Å². The molecular formula is C23H29N3O. The minimum absolute atomic E-state index is 0.179. The van der Waals surface area contributed by atoms with E-state index in [0.717, 1.165) is 57.7 Å². The van der Waals surface area contributed by atoms with Crippen molar-refractivity contribution in [1.82, 2.24) is 9.80 Å². The minimum atomic E-state index is 0.179. The fourth-order valence-electron chi connectivity index (χ4n) is 4.44. The zero-order valence-electron chi connectivity index (χ0n) is 16.2. The van der Waals surface area contributed by atoms with Crippen LogP contribution in [0, 0.1) is 6.92 Å². The Bertz CT molecular complexity index is 760. The Labute approximate surface area is 162 Å². The molecule has 0 saturated carbocycles. The third-order valence-electron chi connectivity index (χ3n) is 6.06. The van der Waals surface area contributed by atoms with Gasteiger partial charge in [0.2, 0.25) is 0 Å². The van der Waals surface area contributed by atoms with Crippen molar-refractivity contribution in [1.29, 1.82) is 0 Å². The summed E-state index contributed by atoms with van der Waals surface area (Å²) in [6.45, 7) is 8.35. The molecule has 2 aromatic carbocycles. The van der Waals surface area contributed by atoms with Crippen LogP contribution < -0.4 is 4.90 Å². The maximum Gasteiger partial charge on any atom is 0.253 e. The van der Waals surface area contributed by atoms with Crippen LogP contribution in [0.15, 0.2) is 54.6 Å². The molecule has 142 valence electrons. The van der Waals surface area contributed by atoms with Crippen molar-refractivity contribution in [3.05, 3.63) is 65.7 Å². The van der Waals surface area contributed by atoms with Gasteiger partial charge in [-0.3, -0.25) is 9.69 Å². The summed E-state index contributed by atoms with van der Waals surface area (Å²) in [7, 11) is 0. The van der Waals surface area contributed by atoms with E-state index in [1.807, 2.05) is 35.2 Å². The van der Waals surface area contributed by atoms with Gasteiger partial charge >= 0.3 is 0 Å². The van der Waals surface area contributed by atoms with E-state index in [0.29, 0.717) is 6.04 Å². The maximum absolute atomic E-state index is 12.6. The first kappa shape index (κ1) is 18.1. The molecule has 1 amide bonds. The molecule has 0 unspecified atom stereocenters. The van der Waals surface area contributed by atoms with E-state index in [-0.39, 0.29) is 5.91 Å². The van der Waals surface area contributed by atoms with Crippen LogP contribution in [0.1, 0.15) is 28.8 Å². The van der Waals surface area contributed by atoms with Gasteiger partial charge in [0.1, 0.15) is 0 Å². The first-order chi connectivity index (χ1) is 13.2. The summed E-state index contributed by atoms with van der Waals surface area (Å²) in [6.07, 6.45) is 2.17. The highest BCUT2D eigenvalue weighted by atomic mass is 16.2. The lowest BCUT2D eigenvalue weighted by atomic mass is 10.0. The van der Waals surface area contributed by atoms with Crippen molar-refractivity contribution in [3.63, 3.8) is 0 Å². The van der Waals surface area contributed by atoms with Crippen molar-refractivity contribution < 1.29 is 4.79 Å². The molecule has 2 aromatic rings. The maximum atomic E-state index is 12.6. The second-order valence-electron chi connectivity index (χ2n) is 7.70. The summed E-state index contributed by atoms with van der Waals surface area (Å²) >= 11 is 0. The standard InChI is InChI=1S/C23H29N3O/c1-19-7-5-6-10-22(19)25-17-15-24(16-18-25)21-11-13-26(14-12-21)23(27)20-8-3-2-4-9-20/h2-10,21H,11-18H2,1H3. The highest BCUT2D eigenvalue weighted by molar-refractivity contribution is 5.94. The molecule has 27 heavy (non-hydrogen) atoms. The quantitative estimate of drug-likeness (QED) is 0.836. The van der Waals surface area contributed by atoms with Gasteiger partial charge in [-0.2, -0.15) is 0 Å². The first-order valence-electron chi connectivity index (χ1n) is 10.1. The van der Waals surface area contributed by atoms with Gasteiger partial charge in [0, 0.05) is 56.6 Å². The number of aryl methyl sites for hydroxylation is 1. The third-order valence-corrected chi connectivity index (χ3v) is 6.06. The number of hydrogen-bond donors (Lipinski definition) is 0. The van der Waals surface area contributed by atoms with Crippen LogP contribution >= 0.6 is 0 Å². The van der Waals surface area contributed by atoms with Crippen molar-refractivity contribution in [2.45, 2.75) is 25.8 Å². The van der Waals surface area contributed by atoms with E-state index in [9.17, 15) is 4.79 Å². The summed E-state index contributed by atoms with van der Waals surface area (Å²) < 4.78 is 0. The molecule has 0 N–H and O–H groups in total. The molecular weight excluding hydrogens is 334 g/mol. The lowest BCUT2D eigenvalue weighted by Gasteiger charge is -2.43. The predicted molar refractivity (Wildman–Crippen MR) is 110 cm³/mol. The largest absolute Gasteiger partial charge is 0.369 e. The molecule has 2 aliphatic heterocycles. The molecule has 4 heteroatoms. The fraction of sp³-hybridized carbons (Fsp3) is 0.435. The molecule has 2 aliphatic rings. The molecule has 0 spiro atoms. The summed E-state index contributed by atoms with van der Waals surface area (Å²) in [5, 5.41) is 0. The molecule has 0 atom stereocenters. The van der Waals surface area contributed by atoms with E-state index in [1.54, 1.807) is 0 Å². The first-order valence-corrected chi connectivity index (χ1v) is 10.1. The van der Waals surface area contributed by atoms with Gasteiger partial charge in [0.25, 0.3) is 5.91 Å². The van der Waals surface area contributed by atoms with Crippen molar-refractivity contribution in [2.75, 3.05) is 44.2 Å². The number of carbonyl (C=O) groups excluding carboxylic acids is 1. The molecule has 2 fully saturated rings. The van der Waals surface area contributed by atoms with Crippen LogP contribution in [0.3, 0.4) is 0 Å². The average molecular weight is 364 g/mol. The highest BCUT2D eigenvalue weighted by Crippen LogP contribution is 2.24. The van der Waals surface area contributed by atoms with Gasteiger partial charge < -0.3 is 9.80 Å². The van der Waals surface area contributed by atoms with Crippen LogP contribution in [0.25, 0.3) is 0 Å². The van der Waals surface area contributed by atoms with Crippen molar-refractivity contribution >= 4 is 11.6 Å². The molecule has 0 aromatic heterocycles. The second kappa shape index (κ2) is 8.13. The second-order valence-corrected chi connectivity index (χ2v) is 7.70. The van der Waals surface area contributed by atoms with Gasteiger partial charge in [-0.05, 0) is 43.5 Å². The smallest absolute Gasteiger partial charge is 0.253 e. The molecule has 0 radical (unpaired) electrons. The number of carbonyl (C=O) groups is 1. The number of anilines is 1. The van der Waals surface area contributed by atoms with Crippen molar-refractivity contribution in [3.8, 4) is 0 Å². The summed E-state index contributed by atoms with van der Waals surface area (Å²) in [4.78, 5) is 19.8. The number of hydrogen-bond acceptors (Lipinski definition) is 3. The zero-order chi connectivity index (χ0) is 18.6. The molecule has 0 aliphatic carbocycles. The summed E-state index contributed by atoms with van der Waals surface area (Å²) in [6, 6.07) is 19.0. The van der Waals surface area contributed by atoms with E-state index >= 15 is 0 Å². The van der Waals surface area contributed by atoms with Gasteiger partial charge in [-0.25, -0.2) is 0 Å². The van der Waals surface area contributed by atoms with E-state index in [4.69, 9.17) is 0 Å². The lowest BCUT2D eigenvalue weighted by Crippen LogP contribution is -2.54. The number of amides is 1. The monoisotopic (exact) mass is 363 g/mol.